The fraction of sp³-hybridized carbons (Fsp3) is 0.364. The monoisotopic (exact) mass is 480 g/mol. The molecule has 1 N–H and O–H groups in total. The van der Waals surface area contributed by atoms with Gasteiger partial charge in [0.25, 0.3) is 0 Å². The second kappa shape index (κ2) is 10.6. The Morgan fingerprint density at radius 1 is 0.963 bits per heavy atom. The standard InChI is InChI=1S/C22H28N2O2.HI/c1-17(22(26)23-14-9-15-24(2,3)4)19-12-8-13-20(16-19)21(25)18-10-6-5-7-11-18;/h5-8,10-13,16-17H,9,14-15H2,1-4H3;1H. The van der Waals surface area contributed by atoms with Crippen LogP contribution >= 0.6 is 0 Å². The molecule has 2 rings (SSSR count). The van der Waals surface area contributed by atoms with Crippen LogP contribution in [0.15, 0.2) is 54.6 Å². The van der Waals surface area contributed by atoms with Gasteiger partial charge < -0.3 is 33.8 Å². The van der Waals surface area contributed by atoms with Crippen molar-refractivity contribution in [1.82, 2.24) is 5.32 Å². The molecule has 0 radical (unpaired) electrons. The van der Waals surface area contributed by atoms with E-state index in [2.05, 4.69) is 26.5 Å². The number of hydrogen-bond acceptors (Lipinski definition) is 2. The van der Waals surface area contributed by atoms with E-state index < -0.39 is 0 Å². The van der Waals surface area contributed by atoms with Crippen LogP contribution in [0.3, 0.4) is 0 Å². The quantitative estimate of drug-likeness (QED) is 0.255. The first-order valence-corrected chi connectivity index (χ1v) is 9.06. The number of carbonyl (C=O) groups excluding carboxylic acids is 2. The van der Waals surface area contributed by atoms with Gasteiger partial charge in [0.1, 0.15) is 0 Å². The van der Waals surface area contributed by atoms with Crippen LogP contribution in [-0.2, 0) is 4.79 Å². The Labute approximate surface area is 179 Å². The third kappa shape index (κ3) is 7.42. The van der Waals surface area contributed by atoms with Crippen LogP contribution < -0.4 is 29.3 Å². The molecule has 2 aromatic rings. The third-order valence-electron chi connectivity index (χ3n) is 4.38. The molecule has 0 aromatic heterocycles. The molecular formula is C22H29IN2O2. The van der Waals surface area contributed by atoms with E-state index in [1.807, 2.05) is 43.3 Å². The molecule has 0 spiro atoms. The zero-order valence-electron chi connectivity index (χ0n) is 16.5. The summed E-state index contributed by atoms with van der Waals surface area (Å²) in [6, 6.07) is 16.6. The van der Waals surface area contributed by atoms with Crippen LogP contribution in [0.25, 0.3) is 0 Å². The van der Waals surface area contributed by atoms with E-state index in [0.717, 1.165) is 23.0 Å². The van der Waals surface area contributed by atoms with Crippen LogP contribution in [-0.4, -0.2) is 50.4 Å². The van der Waals surface area contributed by atoms with Gasteiger partial charge in [0, 0.05) is 24.1 Å². The fourth-order valence-corrected chi connectivity index (χ4v) is 2.77. The second-order valence-corrected chi connectivity index (χ2v) is 7.70. The van der Waals surface area contributed by atoms with E-state index in [9.17, 15) is 9.59 Å². The molecule has 146 valence electrons. The summed E-state index contributed by atoms with van der Waals surface area (Å²) in [5, 5.41) is 3.00. The van der Waals surface area contributed by atoms with Gasteiger partial charge in [-0.25, -0.2) is 0 Å². The minimum absolute atomic E-state index is 0. The predicted molar refractivity (Wildman–Crippen MR) is 105 cm³/mol. The lowest BCUT2D eigenvalue weighted by molar-refractivity contribution is -0.870. The van der Waals surface area contributed by atoms with Gasteiger partial charge in [0.2, 0.25) is 5.91 Å². The van der Waals surface area contributed by atoms with Crippen LogP contribution in [0.1, 0.15) is 40.7 Å². The lowest BCUT2D eigenvalue weighted by Crippen LogP contribution is -3.00. The predicted octanol–water partition coefficient (Wildman–Crippen LogP) is 0.238. The van der Waals surface area contributed by atoms with Crippen LogP contribution in [0.4, 0.5) is 0 Å². The number of quaternary nitrogens is 1. The molecule has 1 amide bonds. The summed E-state index contributed by atoms with van der Waals surface area (Å²) in [5.74, 6) is -0.318. The Morgan fingerprint density at radius 3 is 2.22 bits per heavy atom. The van der Waals surface area contributed by atoms with Gasteiger partial charge in [-0.1, -0.05) is 48.5 Å². The molecule has 5 heteroatoms. The molecule has 4 nitrogen and oxygen atoms in total. The fourth-order valence-electron chi connectivity index (χ4n) is 2.77. The minimum Gasteiger partial charge on any atom is -1.00 e. The lowest BCUT2D eigenvalue weighted by Gasteiger charge is -2.24. The highest BCUT2D eigenvalue weighted by molar-refractivity contribution is 6.09. The summed E-state index contributed by atoms with van der Waals surface area (Å²) in [6.45, 7) is 3.55. The van der Waals surface area contributed by atoms with Crippen molar-refractivity contribution < 1.29 is 38.0 Å². The van der Waals surface area contributed by atoms with Crippen molar-refractivity contribution in [2.24, 2.45) is 0 Å². The molecule has 0 bridgehead atoms. The average molecular weight is 480 g/mol. The normalized spacial score (nSPS) is 12.0. The molecule has 0 fully saturated rings. The van der Waals surface area contributed by atoms with Gasteiger partial charge in [-0.05, 0) is 18.6 Å². The van der Waals surface area contributed by atoms with Crippen molar-refractivity contribution in [1.29, 1.82) is 0 Å². The maximum atomic E-state index is 12.6. The first-order chi connectivity index (χ1) is 12.3. The van der Waals surface area contributed by atoms with Gasteiger partial charge in [0.15, 0.2) is 5.78 Å². The number of carbonyl (C=O) groups is 2. The molecule has 0 aliphatic carbocycles. The highest BCUT2D eigenvalue weighted by Crippen LogP contribution is 2.19. The van der Waals surface area contributed by atoms with Crippen molar-refractivity contribution in [2.45, 2.75) is 19.3 Å². The highest BCUT2D eigenvalue weighted by atomic mass is 127. The molecule has 27 heavy (non-hydrogen) atoms. The summed E-state index contributed by atoms with van der Waals surface area (Å²) >= 11 is 0. The molecule has 0 aliphatic heterocycles. The number of hydrogen-bond donors (Lipinski definition) is 1. The van der Waals surface area contributed by atoms with Gasteiger partial charge in [-0.15, -0.1) is 0 Å². The Kier molecular flexibility index (Phi) is 9.12. The van der Waals surface area contributed by atoms with E-state index >= 15 is 0 Å². The smallest absolute Gasteiger partial charge is 0.227 e. The summed E-state index contributed by atoms with van der Waals surface area (Å²) in [5.41, 5.74) is 2.12. The average Bonchev–Trinajstić information content (AvgIpc) is 2.64. The molecule has 0 saturated carbocycles. The van der Waals surface area contributed by atoms with Crippen LogP contribution in [0.5, 0.6) is 0 Å². The van der Waals surface area contributed by atoms with E-state index in [-0.39, 0.29) is 41.6 Å². The Morgan fingerprint density at radius 2 is 1.59 bits per heavy atom. The summed E-state index contributed by atoms with van der Waals surface area (Å²) in [4.78, 5) is 25.0. The number of nitrogens with one attached hydrogen (secondary N) is 1. The van der Waals surface area contributed by atoms with Gasteiger partial charge in [-0.3, -0.25) is 9.59 Å². The van der Waals surface area contributed by atoms with Crippen LogP contribution in [0, 0.1) is 0 Å². The molecule has 0 aliphatic rings. The molecule has 2 aromatic carbocycles. The molecule has 0 heterocycles. The van der Waals surface area contributed by atoms with Gasteiger partial charge in [0.05, 0.1) is 33.6 Å². The molecular weight excluding hydrogens is 451 g/mol. The topological polar surface area (TPSA) is 46.2 Å². The van der Waals surface area contributed by atoms with E-state index in [4.69, 9.17) is 0 Å². The maximum absolute atomic E-state index is 12.6. The van der Waals surface area contributed by atoms with Crippen molar-refractivity contribution >= 4 is 11.7 Å². The lowest BCUT2D eigenvalue weighted by atomic mass is 9.95. The molecule has 0 saturated heterocycles. The number of nitrogens with zero attached hydrogens (tertiary/aromatic N) is 1. The van der Waals surface area contributed by atoms with Gasteiger partial charge >= 0.3 is 0 Å². The Bertz CT molecular complexity index is 754. The minimum atomic E-state index is -0.289. The summed E-state index contributed by atoms with van der Waals surface area (Å²) in [6.07, 6.45) is 0.939. The SMILES string of the molecule is CC(C(=O)NCCC[N+](C)(C)C)c1cccc(C(=O)c2ccccc2)c1.[I-]. The largest absolute Gasteiger partial charge is 1.00 e. The zero-order chi connectivity index (χ0) is 19.2. The zero-order valence-corrected chi connectivity index (χ0v) is 18.7. The van der Waals surface area contributed by atoms with E-state index in [1.165, 1.54) is 0 Å². The van der Waals surface area contributed by atoms with E-state index in [1.54, 1.807) is 18.2 Å². The first-order valence-electron chi connectivity index (χ1n) is 9.06. The molecule has 1 atom stereocenters. The number of rotatable bonds is 8. The first kappa shape index (κ1) is 23.3. The number of benzene rings is 2. The number of amides is 1. The summed E-state index contributed by atoms with van der Waals surface area (Å²) < 4.78 is 0.884. The number of ketones is 1. The van der Waals surface area contributed by atoms with Gasteiger partial charge in [-0.2, -0.15) is 0 Å². The highest BCUT2D eigenvalue weighted by Gasteiger charge is 2.17. The van der Waals surface area contributed by atoms with Crippen molar-refractivity contribution in [3.05, 3.63) is 71.3 Å². The maximum Gasteiger partial charge on any atom is 0.227 e. The third-order valence-corrected chi connectivity index (χ3v) is 4.38. The summed E-state index contributed by atoms with van der Waals surface area (Å²) in [7, 11) is 6.42. The van der Waals surface area contributed by atoms with E-state index in [0.29, 0.717) is 17.7 Å². The second-order valence-electron chi connectivity index (χ2n) is 7.70. The van der Waals surface area contributed by atoms with Crippen molar-refractivity contribution in [2.75, 3.05) is 34.2 Å². The number of halogens is 1. The molecule has 1 unspecified atom stereocenters. The van der Waals surface area contributed by atoms with Crippen molar-refractivity contribution in [3.63, 3.8) is 0 Å². The van der Waals surface area contributed by atoms with Crippen LogP contribution in [0.2, 0.25) is 0 Å². The Hall–Kier alpha value is -1.73. The van der Waals surface area contributed by atoms with Crippen molar-refractivity contribution in [3.8, 4) is 0 Å². The Balaban J connectivity index is 0.00000364.